The van der Waals surface area contributed by atoms with Gasteiger partial charge >= 0.3 is 5.97 Å². The molecule has 112 valence electrons. The summed E-state index contributed by atoms with van der Waals surface area (Å²) in [5.74, 6) is -1.80. The third-order valence-corrected chi connectivity index (χ3v) is 3.46. The molecule has 1 aliphatic heterocycles. The van der Waals surface area contributed by atoms with Crippen LogP contribution in [0.25, 0.3) is 0 Å². The standard InChI is InChI=1S/C14H10ClN3O4/c1-17-6-10(15)11(16-17)14(21)22-7-18-12(19)8-4-2-3-5-9(8)13(18)20/h2-6H,7H2,1H3. The van der Waals surface area contributed by atoms with Gasteiger partial charge in [0.05, 0.1) is 16.1 Å². The number of fused-ring (bicyclic) bond motifs is 1. The van der Waals surface area contributed by atoms with E-state index in [1.54, 1.807) is 31.3 Å². The van der Waals surface area contributed by atoms with E-state index >= 15 is 0 Å². The summed E-state index contributed by atoms with van der Waals surface area (Å²) in [6.07, 6.45) is 1.44. The predicted octanol–water partition coefficient (Wildman–Crippen LogP) is 1.48. The van der Waals surface area contributed by atoms with Gasteiger partial charge in [-0.15, -0.1) is 0 Å². The lowest BCUT2D eigenvalue weighted by Gasteiger charge is -2.13. The largest absolute Gasteiger partial charge is 0.439 e. The molecule has 2 amide bonds. The van der Waals surface area contributed by atoms with Gasteiger partial charge in [0.15, 0.2) is 12.4 Å². The highest BCUT2D eigenvalue weighted by molar-refractivity contribution is 6.33. The number of aromatic nitrogens is 2. The van der Waals surface area contributed by atoms with Crippen LogP contribution in [-0.4, -0.2) is 39.2 Å². The molecule has 0 saturated carbocycles. The molecule has 0 N–H and O–H groups in total. The molecule has 0 radical (unpaired) electrons. The fourth-order valence-electron chi connectivity index (χ4n) is 2.15. The van der Waals surface area contributed by atoms with Crippen molar-refractivity contribution in [2.45, 2.75) is 0 Å². The zero-order chi connectivity index (χ0) is 15.9. The van der Waals surface area contributed by atoms with Crippen molar-refractivity contribution in [3.63, 3.8) is 0 Å². The average Bonchev–Trinajstić information content (AvgIpc) is 2.96. The number of imide groups is 1. The van der Waals surface area contributed by atoms with Gasteiger partial charge in [-0.1, -0.05) is 23.7 Å². The Morgan fingerprint density at radius 1 is 1.23 bits per heavy atom. The van der Waals surface area contributed by atoms with Crippen molar-refractivity contribution in [3.05, 3.63) is 52.3 Å². The molecule has 3 rings (SSSR count). The summed E-state index contributed by atoms with van der Waals surface area (Å²) in [6, 6.07) is 6.42. The molecule has 0 aliphatic carbocycles. The summed E-state index contributed by atoms with van der Waals surface area (Å²) in [6.45, 7) is -0.488. The molecule has 1 aromatic heterocycles. The number of carbonyl (C=O) groups is 3. The predicted molar refractivity (Wildman–Crippen MR) is 75.4 cm³/mol. The van der Waals surface area contributed by atoms with E-state index in [1.165, 1.54) is 10.9 Å². The molecule has 0 fully saturated rings. The van der Waals surface area contributed by atoms with Crippen molar-refractivity contribution < 1.29 is 19.1 Å². The van der Waals surface area contributed by atoms with E-state index < -0.39 is 24.5 Å². The second kappa shape index (κ2) is 5.27. The van der Waals surface area contributed by atoms with E-state index in [-0.39, 0.29) is 10.7 Å². The lowest BCUT2D eigenvalue weighted by Crippen LogP contribution is -2.33. The number of carbonyl (C=O) groups excluding carboxylic acids is 3. The normalized spacial score (nSPS) is 13.5. The first kappa shape index (κ1) is 14.3. The second-order valence-electron chi connectivity index (χ2n) is 4.64. The van der Waals surface area contributed by atoms with E-state index in [2.05, 4.69) is 5.10 Å². The Hall–Kier alpha value is -2.67. The molecular weight excluding hydrogens is 310 g/mol. The van der Waals surface area contributed by atoms with Crippen LogP contribution in [0.2, 0.25) is 5.02 Å². The Morgan fingerprint density at radius 3 is 2.32 bits per heavy atom. The number of aryl methyl sites for hydroxylation is 1. The van der Waals surface area contributed by atoms with Crippen LogP contribution in [0.4, 0.5) is 0 Å². The lowest BCUT2D eigenvalue weighted by atomic mass is 10.1. The van der Waals surface area contributed by atoms with Crippen LogP contribution in [-0.2, 0) is 11.8 Å². The highest BCUT2D eigenvalue weighted by Gasteiger charge is 2.36. The summed E-state index contributed by atoms with van der Waals surface area (Å²) in [7, 11) is 1.60. The van der Waals surface area contributed by atoms with Crippen molar-refractivity contribution in [3.8, 4) is 0 Å². The Kier molecular flexibility index (Phi) is 3.42. The van der Waals surface area contributed by atoms with Gasteiger partial charge in [0.2, 0.25) is 0 Å². The molecule has 1 aromatic carbocycles. The zero-order valence-corrected chi connectivity index (χ0v) is 12.2. The minimum absolute atomic E-state index is 0.0687. The summed E-state index contributed by atoms with van der Waals surface area (Å²) in [5.41, 5.74) is 0.514. The Morgan fingerprint density at radius 2 is 1.82 bits per heavy atom. The molecular formula is C14H10ClN3O4. The Balaban J connectivity index is 1.73. The monoisotopic (exact) mass is 319 g/mol. The van der Waals surface area contributed by atoms with Crippen molar-refractivity contribution >= 4 is 29.4 Å². The number of rotatable bonds is 3. The number of esters is 1. The second-order valence-corrected chi connectivity index (χ2v) is 5.05. The lowest BCUT2D eigenvalue weighted by molar-refractivity contribution is 0.0223. The number of benzene rings is 1. The molecule has 0 bridgehead atoms. The van der Waals surface area contributed by atoms with Crippen molar-refractivity contribution in [1.82, 2.24) is 14.7 Å². The highest BCUT2D eigenvalue weighted by Crippen LogP contribution is 2.22. The Labute approximate surface area is 130 Å². The quantitative estimate of drug-likeness (QED) is 0.632. The molecule has 8 heteroatoms. The maximum absolute atomic E-state index is 12.1. The molecule has 0 saturated heterocycles. The third-order valence-electron chi connectivity index (χ3n) is 3.18. The van der Waals surface area contributed by atoms with Gasteiger partial charge in [-0.3, -0.25) is 14.3 Å². The van der Waals surface area contributed by atoms with Crippen LogP contribution >= 0.6 is 11.6 Å². The summed E-state index contributed by atoms with van der Waals surface area (Å²) >= 11 is 5.83. The van der Waals surface area contributed by atoms with E-state index in [0.717, 1.165) is 4.90 Å². The topological polar surface area (TPSA) is 81.5 Å². The van der Waals surface area contributed by atoms with Crippen LogP contribution in [0.5, 0.6) is 0 Å². The molecule has 0 unspecified atom stereocenters. The van der Waals surface area contributed by atoms with E-state index in [9.17, 15) is 14.4 Å². The number of amides is 2. The smallest absolute Gasteiger partial charge is 0.362 e. The maximum atomic E-state index is 12.1. The zero-order valence-electron chi connectivity index (χ0n) is 11.4. The first-order valence-corrected chi connectivity index (χ1v) is 6.68. The van der Waals surface area contributed by atoms with Gasteiger partial charge in [-0.2, -0.15) is 5.10 Å². The van der Waals surface area contributed by atoms with Crippen molar-refractivity contribution in [2.24, 2.45) is 7.05 Å². The number of ether oxygens (including phenoxy) is 1. The minimum Gasteiger partial charge on any atom is -0.439 e. The minimum atomic E-state index is -0.804. The fraction of sp³-hybridized carbons (Fsp3) is 0.143. The van der Waals surface area contributed by atoms with Crippen molar-refractivity contribution in [1.29, 1.82) is 0 Å². The van der Waals surface area contributed by atoms with Gasteiger partial charge in [0.1, 0.15) is 0 Å². The van der Waals surface area contributed by atoms with Crippen LogP contribution < -0.4 is 0 Å². The summed E-state index contributed by atoms with van der Waals surface area (Å²) < 4.78 is 6.33. The number of hydrogen-bond acceptors (Lipinski definition) is 5. The molecule has 0 spiro atoms. The first-order chi connectivity index (χ1) is 10.5. The van der Waals surface area contributed by atoms with E-state index in [4.69, 9.17) is 16.3 Å². The Bertz CT molecular complexity index is 764. The van der Waals surface area contributed by atoms with Crippen LogP contribution in [0.15, 0.2) is 30.5 Å². The van der Waals surface area contributed by atoms with Gasteiger partial charge < -0.3 is 4.74 Å². The van der Waals surface area contributed by atoms with Crippen LogP contribution in [0.1, 0.15) is 31.2 Å². The van der Waals surface area contributed by atoms with E-state index in [0.29, 0.717) is 11.1 Å². The third kappa shape index (κ3) is 2.25. The van der Waals surface area contributed by atoms with Gasteiger partial charge in [0, 0.05) is 13.2 Å². The van der Waals surface area contributed by atoms with E-state index in [1.807, 2.05) is 0 Å². The van der Waals surface area contributed by atoms with Crippen molar-refractivity contribution in [2.75, 3.05) is 6.73 Å². The fourth-order valence-corrected chi connectivity index (χ4v) is 2.40. The highest BCUT2D eigenvalue weighted by atomic mass is 35.5. The van der Waals surface area contributed by atoms with Crippen LogP contribution in [0.3, 0.4) is 0 Å². The number of hydrogen-bond donors (Lipinski definition) is 0. The van der Waals surface area contributed by atoms with Gasteiger partial charge in [-0.25, -0.2) is 9.69 Å². The number of nitrogens with zero attached hydrogens (tertiary/aromatic N) is 3. The average molecular weight is 320 g/mol. The first-order valence-electron chi connectivity index (χ1n) is 6.30. The molecule has 22 heavy (non-hydrogen) atoms. The molecule has 7 nitrogen and oxygen atoms in total. The van der Waals surface area contributed by atoms with Crippen LogP contribution in [0, 0.1) is 0 Å². The van der Waals surface area contributed by atoms with Gasteiger partial charge in [0.25, 0.3) is 11.8 Å². The SMILES string of the molecule is Cn1cc(Cl)c(C(=O)OCN2C(=O)c3ccccc3C2=O)n1. The molecule has 0 atom stereocenters. The summed E-state index contributed by atoms with van der Waals surface area (Å²) in [4.78, 5) is 36.9. The molecule has 1 aliphatic rings. The molecule has 2 aromatic rings. The number of halogens is 1. The summed E-state index contributed by atoms with van der Waals surface area (Å²) in [5, 5.41) is 3.99. The maximum Gasteiger partial charge on any atom is 0.362 e. The molecule has 2 heterocycles. The van der Waals surface area contributed by atoms with Gasteiger partial charge in [-0.05, 0) is 12.1 Å².